The topological polar surface area (TPSA) is 69.6 Å². The number of nitrogens with zero attached hydrogens (tertiary/aromatic N) is 1. The molecule has 2 N–H and O–H groups in total. The third-order valence-corrected chi connectivity index (χ3v) is 3.04. The summed E-state index contributed by atoms with van der Waals surface area (Å²) in [7, 11) is 0. The van der Waals surface area contributed by atoms with E-state index in [1.807, 2.05) is 20.8 Å². The summed E-state index contributed by atoms with van der Waals surface area (Å²) in [5, 5.41) is 11.5. The normalized spacial score (nSPS) is 10.6. The maximum absolute atomic E-state index is 11.7. The molecule has 0 spiro atoms. The molecule has 0 aliphatic rings. The van der Waals surface area contributed by atoms with E-state index in [2.05, 4.69) is 11.2 Å². The second kappa shape index (κ2) is 8.41. The molecule has 0 fully saturated rings. The number of carbonyl (C=O) groups is 2. The molecule has 0 atom stereocenters. The maximum Gasteiger partial charge on any atom is 0.318 e. The van der Waals surface area contributed by atoms with Crippen LogP contribution in [0.3, 0.4) is 0 Å². The maximum atomic E-state index is 11.7. The molecule has 0 aliphatic carbocycles. The number of hydrogen-bond donors (Lipinski definition) is 2. The quantitative estimate of drug-likeness (QED) is 0.661. The fraction of sp³-hybridized carbons (Fsp3) is 0.714. The van der Waals surface area contributed by atoms with E-state index in [0.29, 0.717) is 26.1 Å². The van der Waals surface area contributed by atoms with E-state index in [1.54, 1.807) is 4.90 Å². The smallest absolute Gasteiger partial charge is 0.318 e. The molecule has 19 heavy (non-hydrogen) atoms. The average Bonchev–Trinajstić information content (AvgIpc) is 2.33. The van der Waals surface area contributed by atoms with Gasteiger partial charge in [0, 0.05) is 19.5 Å². The van der Waals surface area contributed by atoms with Crippen molar-refractivity contribution < 1.29 is 14.7 Å². The summed E-state index contributed by atoms with van der Waals surface area (Å²) in [6, 6.07) is -0.172. The Hall–Kier alpha value is -1.70. The lowest BCUT2D eigenvalue weighted by Crippen LogP contribution is -2.41. The Morgan fingerprint density at radius 3 is 2.47 bits per heavy atom. The molecule has 0 saturated heterocycles. The van der Waals surface area contributed by atoms with Crippen LogP contribution in [-0.2, 0) is 4.79 Å². The Morgan fingerprint density at radius 2 is 2.00 bits per heavy atom. The highest BCUT2D eigenvalue weighted by atomic mass is 16.4. The van der Waals surface area contributed by atoms with Crippen molar-refractivity contribution in [2.24, 2.45) is 5.41 Å². The first-order chi connectivity index (χ1) is 8.82. The first-order valence-corrected chi connectivity index (χ1v) is 6.50. The van der Waals surface area contributed by atoms with Crippen LogP contribution in [0.15, 0.2) is 0 Å². The number of carbonyl (C=O) groups excluding carboxylic acids is 1. The molecule has 0 aromatic heterocycles. The lowest BCUT2D eigenvalue weighted by Gasteiger charge is -2.25. The first kappa shape index (κ1) is 17.3. The Morgan fingerprint density at radius 1 is 1.37 bits per heavy atom. The van der Waals surface area contributed by atoms with Crippen LogP contribution in [0.5, 0.6) is 0 Å². The number of carboxylic acids is 1. The number of aliphatic carboxylic acids is 1. The van der Waals surface area contributed by atoms with Gasteiger partial charge in [0.05, 0.1) is 6.54 Å². The van der Waals surface area contributed by atoms with Gasteiger partial charge in [-0.2, -0.15) is 0 Å². The van der Waals surface area contributed by atoms with Gasteiger partial charge in [-0.05, 0) is 25.2 Å². The van der Waals surface area contributed by atoms with Crippen molar-refractivity contribution in [3.05, 3.63) is 0 Å². The van der Waals surface area contributed by atoms with Gasteiger partial charge >= 0.3 is 12.0 Å². The Kier molecular flexibility index (Phi) is 7.66. The van der Waals surface area contributed by atoms with Crippen molar-refractivity contribution in [3.8, 4) is 12.3 Å². The van der Waals surface area contributed by atoms with Crippen molar-refractivity contribution in [2.75, 3.05) is 19.6 Å². The van der Waals surface area contributed by atoms with Gasteiger partial charge in [-0.1, -0.05) is 19.8 Å². The number of rotatable bonds is 8. The minimum Gasteiger partial charge on any atom is -0.481 e. The van der Waals surface area contributed by atoms with Gasteiger partial charge in [0.1, 0.15) is 0 Å². The van der Waals surface area contributed by atoms with Crippen LogP contribution in [-0.4, -0.2) is 41.6 Å². The zero-order chi connectivity index (χ0) is 14.9. The number of terminal acetylenes is 1. The summed E-state index contributed by atoms with van der Waals surface area (Å²) in [6.07, 6.45) is 6.67. The van der Waals surface area contributed by atoms with Crippen molar-refractivity contribution in [2.45, 2.75) is 40.0 Å². The van der Waals surface area contributed by atoms with Gasteiger partial charge in [0.2, 0.25) is 0 Å². The number of nitrogens with one attached hydrogen (secondary N) is 1. The van der Waals surface area contributed by atoms with E-state index in [-0.39, 0.29) is 17.9 Å². The molecule has 2 amide bonds. The summed E-state index contributed by atoms with van der Waals surface area (Å²) in [6.45, 7) is 7.26. The molecule has 5 heteroatoms. The highest BCUT2D eigenvalue weighted by Gasteiger charge is 2.19. The Labute approximate surface area is 115 Å². The molecule has 0 heterocycles. The summed E-state index contributed by atoms with van der Waals surface area (Å²) in [4.78, 5) is 23.8. The van der Waals surface area contributed by atoms with Gasteiger partial charge in [0.25, 0.3) is 0 Å². The standard InChI is InChI=1S/C14H24N2O3/c1-5-11-16(6-2)13(19)15-10-9-14(3,4)8-7-12(17)18/h1H,6-11H2,2-4H3,(H,15,19)(H,17,18). The molecule has 0 aromatic carbocycles. The fourth-order valence-electron chi connectivity index (χ4n) is 1.63. The monoisotopic (exact) mass is 268 g/mol. The van der Waals surface area contributed by atoms with Crippen molar-refractivity contribution in [1.29, 1.82) is 0 Å². The van der Waals surface area contributed by atoms with Gasteiger partial charge in [0.15, 0.2) is 0 Å². The Bertz CT molecular complexity index is 345. The van der Waals surface area contributed by atoms with E-state index < -0.39 is 5.97 Å². The van der Waals surface area contributed by atoms with Crippen LogP contribution in [0.1, 0.15) is 40.0 Å². The summed E-state index contributed by atoms with van der Waals surface area (Å²) in [5.74, 6) is 1.65. The number of amides is 2. The van der Waals surface area contributed by atoms with E-state index >= 15 is 0 Å². The summed E-state index contributed by atoms with van der Waals surface area (Å²) >= 11 is 0. The second-order valence-corrected chi connectivity index (χ2v) is 5.26. The molecule has 5 nitrogen and oxygen atoms in total. The molecule has 0 aliphatic heterocycles. The molecule has 0 unspecified atom stereocenters. The highest BCUT2D eigenvalue weighted by Crippen LogP contribution is 2.25. The predicted octanol–water partition coefficient (Wildman–Crippen LogP) is 1.93. The van der Waals surface area contributed by atoms with E-state index in [9.17, 15) is 9.59 Å². The number of hydrogen-bond acceptors (Lipinski definition) is 2. The summed E-state index contributed by atoms with van der Waals surface area (Å²) < 4.78 is 0. The molecule has 0 saturated carbocycles. The predicted molar refractivity (Wildman–Crippen MR) is 74.7 cm³/mol. The van der Waals surface area contributed by atoms with Gasteiger partial charge in [-0.3, -0.25) is 4.79 Å². The number of urea groups is 1. The van der Waals surface area contributed by atoms with Crippen LogP contribution in [0.25, 0.3) is 0 Å². The zero-order valence-electron chi connectivity index (χ0n) is 12.0. The minimum absolute atomic E-state index is 0.102. The van der Waals surface area contributed by atoms with Crippen molar-refractivity contribution in [3.63, 3.8) is 0 Å². The lowest BCUT2D eigenvalue weighted by atomic mass is 9.84. The second-order valence-electron chi connectivity index (χ2n) is 5.26. The zero-order valence-corrected chi connectivity index (χ0v) is 12.0. The largest absolute Gasteiger partial charge is 0.481 e. The molecule has 0 radical (unpaired) electrons. The first-order valence-electron chi connectivity index (χ1n) is 6.50. The third kappa shape index (κ3) is 8.09. The molecule has 0 aromatic rings. The molecular formula is C14H24N2O3. The lowest BCUT2D eigenvalue weighted by molar-refractivity contribution is -0.137. The Balaban J connectivity index is 4.04. The van der Waals surface area contributed by atoms with Gasteiger partial charge in [-0.25, -0.2) is 4.79 Å². The van der Waals surface area contributed by atoms with Crippen LogP contribution < -0.4 is 5.32 Å². The SMILES string of the molecule is C#CCN(CC)C(=O)NCCC(C)(C)CCC(=O)O. The molecule has 0 rings (SSSR count). The molecule has 108 valence electrons. The van der Waals surface area contributed by atoms with Gasteiger partial charge in [-0.15, -0.1) is 6.42 Å². The van der Waals surface area contributed by atoms with Crippen LogP contribution in [0.4, 0.5) is 4.79 Å². The van der Waals surface area contributed by atoms with E-state index in [4.69, 9.17) is 11.5 Å². The fourth-order valence-corrected chi connectivity index (χ4v) is 1.63. The van der Waals surface area contributed by atoms with Crippen LogP contribution in [0.2, 0.25) is 0 Å². The van der Waals surface area contributed by atoms with Crippen LogP contribution >= 0.6 is 0 Å². The highest BCUT2D eigenvalue weighted by molar-refractivity contribution is 5.74. The van der Waals surface area contributed by atoms with E-state index in [0.717, 1.165) is 6.42 Å². The summed E-state index contributed by atoms with van der Waals surface area (Å²) in [5.41, 5.74) is -0.102. The third-order valence-electron chi connectivity index (χ3n) is 3.04. The number of carboxylic acid groups (broad SMARTS) is 1. The van der Waals surface area contributed by atoms with Crippen molar-refractivity contribution >= 4 is 12.0 Å². The van der Waals surface area contributed by atoms with Crippen molar-refractivity contribution in [1.82, 2.24) is 10.2 Å². The molecule has 0 bridgehead atoms. The van der Waals surface area contributed by atoms with Gasteiger partial charge < -0.3 is 15.3 Å². The molecular weight excluding hydrogens is 244 g/mol. The average molecular weight is 268 g/mol. The minimum atomic E-state index is -0.789. The van der Waals surface area contributed by atoms with E-state index in [1.165, 1.54) is 0 Å². The van der Waals surface area contributed by atoms with Crippen LogP contribution in [0, 0.1) is 17.8 Å².